The standard InChI is InChI=1S/C16H21N5O3/c1-23-13-8-6-12(7-9-13)21-14(18-19-20-21)16(17-15(22)24-2)10-4-3-5-11-16/h6-9H,3-5,10-11H2,1-2H3,(H,17,22). The maximum atomic E-state index is 11.9. The van der Waals surface area contributed by atoms with E-state index in [0.29, 0.717) is 5.82 Å². The number of nitrogens with one attached hydrogen (secondary N) is 1. The highest BCUT2D eigenvalue weighted by molar-refractivity contribution is 5.68. The summed E-state index contributed by atoms with van der Waals surface area (Å²) in [6, 6.07) is 7.46. The van der Waals surface area contributed by atoms with Crippen molar-refractivity contribution in [3.05, 3.63) is 30.1 Å². The SMILES string of the molecule is COC(=O)NC1(c2nnnn2-c2ccc(OC)cc2)CCCCC1. The van der Waals surface area contributed by atoms with Gasteiger partial charge >= 0.3 is 6.09 Å². The van der Waals surface area contributed by atoms with Crippen LogP contribution in [0.3, 0.4) is 0 Å². The molecule has 8 heteroatoms. The molecule has 0 saturated heterocycles. The lowest BCUT2D eigenvalue weighted by Crippen LogP contribution is -2.49. The predicted octanol–water partition coefficient (Wildman–Crippen LogP) is 2.19. The number of amides is 1. The van der Waals surface area contributed by atoms with Crippen LogP contribution < -0.4 is 10.1 Å². The normalized spacial score (nSPS) is 16.4. The van der Waals surface area contributed by atoms with Crippen LogP contribution in [0.15, 0.2) is 24.3 Å². The Kier molecular flexibility index (Phi) is 4.64. The van der Waals surface area contributed by atoms with Gasteiger partial charge in [-0.1, -0.05) is 19.3 Å². The molecular formula is C16H21N5O3. The van der Waals surface area contributed by atoms with Gasteiger partial charge in [0.1, 0.15) is 11.3 Å². The lowest BCUT2D eigenvalue weighted by Gasteiger charge is -2.36. The first-order valence-corrected chi connectivity index (χ1v) is 7.98. The summed E-state index contributed by atoms with van der Waals surface area (Å²) in [4.78, 5) is 11.9. The van der Waals surface area contributed by atoms with Gasteiger partial charge in [-0.05, 0) is 47.5 Å². The Morgan fingerprint density at radius 2 is 1.88 bits per heavy atom. The van der Waals surface area contributed by atoms with E-state index < -0.39 is 11.6 Å². The molecule has 24 heavy (non-hydrogen) atoms. The van der Waals surface area contributed by atoms with Crippen LogP contribution in [0, 0.1) is 0 Å². The Hall–Kier alpha value is -2.64. The largest absolute Gasteiger partial charge is 0.497 e. The quantitative estimate of drug-likeness (QED) is 0.923. The zero-order valence-corrected chi connectivity index (χ0v) is 13.9. The minimum atomic E-state index is -0.616. The number of rotatable bonds is 4. The van der Waals surface area contributed by atoms with E-state index in [9.17, 15) is 4.79 Å². The molecule has 8 nitrogen and oxygen atoms in total. The molecule has 0 unspecified atom stereocenters. The zero-order chi connectivity index (χ0) is 17.0. The van der Waals surface area contributed by atoms with Crippen LogP contribution in [0.25, 0.3) is 5.69 Å². The minimum absolute atomic E-state index is 0.471. The minimum Gasteiger partial charge on any atom is -0.497 e. The molecule has 128 valence electrons. The molecular weight excluding hydrogens is 310 g/mol. The Morgan fingerprint density at radius 3 is 2.50 bits per heavy atom. The molecule has 1 aliphatic rings. The molecule has 2 aromatic rings. The number of benzene rings is 1. The third-order valence-corrected chi connectivity index (χ3v) is 4.45. The van der Waals surface area contributed by atoms with Crippen LogP contribution in [0.4, 0.5) is 4.79 Å². The van der Waals surface area contributed by atoms with Gasteiger partial charge in [-0.2, -0.15) is 4.68 Å². The summed E-state index contributed by atoms with van der Waals surface area (Å²) in [5, 5.41) is 15.1. The van der Waals surface area contributed by atoms with E-state index in [1.54, 1.807) is 11.8 Å². The molecule has 1 aliphatic carbocycles. The molecule has 0 spiro atoms. The number of aromatic nitrogens is 4. The molecule has 0 atom stereocenters. The number of carbonyl (C=O) groups excluding carboxylic acids is 1. The first-order valence-electron chi connectivity index (χ1n) is 7.98. The van der Waals surface area contributed by atoms with Crippen LogP contribution in [0.5, 0.6) is 5.75 Å². The number of tetrazole rings is 1. The molecule has 1 amide bonds. The van der Waals surface area contributed by atoms with Gasteiger partial charge in [0, 0.05) is 0 Å². The van der Waals surface area contributed by atoms with Crippen molar-refractivity contribution in [1.82, 2.24) is 25.5 Å². The highest BCUT2D eigenvalue weighted by Crippen LogP contribution is 2.36. The molecule has 1 N–H and O–H groups in total. The average Bonchev–Trinajstić information content (AvgIpc) is 3.13. The Balaban J connectivity index is 1.99. The van der Waals surface area contributed by atoms with E-state index in [4.69, 9.17) is 9.47 Å². The molecule has 3 rings (SSSR count). The number of carbonyl (C=O) groups is 1. The number of ether oxygens (including phenoxy) is 2. The van der Waals surface area contributed by atoms with Crippen molar-refractivity contribution < 1.29 is 14.3 Å². The van der Waals surface area contributed by atoms with E-state index in [-0.39, 0.29) is 0 Å². The lowest BCUT2D eigenvalue weighted by molar-refractivity contribution is 0.139. The van der Waals surface area contributed by atoms with Gasteiger partial charge in [-0.3, -0.25) is 0 Å². The summed E-state index contributed by atoms with van der Waals surface area (Å²) < 4.78 is 11.7. The second kappa shape index (κ2) is 6.86. The molecule has 0 bridgehead atoms. The van der Waals surface area contributed by atoms with Crippen LogP contribution in [0.2, 0.25) is 0 Å². The monoisotopic (exact) mass is 331 g/mol. The average molecular weight is 331 g/mol. The number of hydrogen-bond donors (Lipinski definition) is 1. The third kappa shape index (κ3) is 3.04. The van der Waals surface area contributed by atoms with Crippen molar-refractivity contribution >= 4 is 6.09 Å². The van der Waals surface area contributed by atoms with Gasteiger partial charge in [-0.25, -0.2) is 4.79 Å². The highest BCUT2D eigenvalue weighted by Gasteiger charge is 2.41. The summed E-state index contributed by atoms with van der Waals surface area (Å²) in [5.41, 5.74) is 0.196. The van der Waals surface area contributed by atoms with Crippen LogP contribution in [-0.2, 0) is 10.3 Å². The van der Waals surface area contributed by atoms with Crippen molar-refractivity contribution in [2.24, 2.45) is 0 Å². The van der Waals surface area contributed by atoms with Crippen molar-refractivity contribution in [3.63, 3.8) is 0 Å². The van der Waals surface area contributed by atoms with Crippen molar-refractivity contribution in [3.8, 4) is 11.4 Å². The molecule has 1 saturated carbocycles. The molecule has 1 fully saturated rings. The van der Waals surface area contributed by atoms with E-state index in [1.807, 2.05) is 24.3 Å². The molecule has 1 heterocycles. The van der Waals surface area contributed by atoms with E-state index >= 15 is 0 Å². The van der Waals surface area contributed by atoms with Gasteiger partial charge in [0.25, 0.3) is 0 Å². The second-order valence-electron chi connectivity index (χ2n) is 5.87. The first-order chi connectivity index (χ1) is 11.7. The number of hydrogen-bond acceptors (Lipinski definition) is 6. The van der Waals surface area contributed by atoms with Crippen molar-refractivity contribution in [1.29, 1.82) is 0 Å². The van der Waals surface area contributed by atoms with Gasteiger partial charge < -0.3 is 14.8 Å². The fourth-order valence-electron chi connectivity index (χ4n) is 3.19. The Morgan fingerprint density at radius 1 is 1.17 bits per heavy atom. The van der Waals surface area contributed by atoms with Gasteiger partial charge in [0.15, 0.2) is 5.82 Å². The lowest BCUT2D eigenvalue weighted by atomic mass is 9.81. The number of nitrogens with zero attached hydrogens (tertiary/aromatic N) is 4. The number of alkyl carbamates (subject to hydrolysis) is 1. The van der Waals surface area contributed by atoms with Gasteiger partial charge in [0.05, 0.1) is 19.9 Å². The summed E-state index contributed by atoms with van der Waals surface area (Å²) in [7, 11) is 2.98. The summed E-state index contributed by atoms with van der Waals surface area (Å²) in [5.74, 6) is 1.38. The van der Waals surface area contributed by atoms with Crippen molar-refractivity contribution in [2.75, 3.05) is 14.2 Å². The zero-order valence-electron chi connectivity index (χ0n) is 13.9. The third-order valence-electron chi connectivity index (χ3n) is 4.45. The van der Waals surface area contributed by atoms with E-state index in [1.165, 1.54) is 7.11 Å². The summed E-state index contributed by atoms with van der Waals surface area (Å²) >= 11 is 0. The highest BCUT2D eigenvalue weighted by atomic mass is 16.5. The molecule has 0 aliphatic heterocycles. The topological polar surface area (TPSA) is 91.2 Å². The Bertz CT molecular complexity index is 692. The van der Waals surface area contributed by atoms with Crippen LogP contribution in [0.1, 0.15) is 37.9 Å². The summed E-state index contributed by atoms with van der Waals surface area (Å²) in [6.07, 6.45) is 4.21. The molecule has 1 aromatic heterocycles. The van der Waals surface area contributed by atoms with Crippen molar-refractivity contribution in [2.45, 2.75) is 37.6 Å². The van der Waals surface area contributed by atoms with Crippen LogP contribution >= 0.6 is 0 Å². The van der Waals surface area contributed by atoms with E-state index in [2.05, 4.69) is 20.8 Å². The molecule has 0 radical (unpaired) electrons. The maximum absolute atomic E-state index is 11.9. The summed E-state index contributed by atoms with van der Waals surface area (Å²) in [6.45, 7) is 0. The smallest absolute Gasteiger partial charge is 0.407 e. The Labute approximate surface area is 140 Å². The van der Waals surface area contributed by atoms with Gasteiger partial charge in [0.2, 0.25) is 0 Å². The maximum Gasteiger partial charge on any atom is 0.407 e. The fourth-order valence-corrected chi connectivity index (χ4v) is 3.19. The number of methoxy groups -OCH3 is 2. The first kappa shape index (κ1) is 16.2. The van der Waals surface area contributed by atoms with Gasteiger partial charge in [-0.15, -0.1) is 5.10 Å². The van der Waals surface area contributed by atoms with Crippen LogP contribution in [-0.4, -0.2) is 40.5 Å². The fraction of sp³-hybridized carbons (Fsp3) is 0.500. The van der Waals surface area contributed by atoms with E-state index in [0.717, 1.165) is 43.5 Å². The molecule has 1 aromatic carbocycles. The second-order valence-corrected chi connectivity index (χ2v) is 5.87. The predicted molar refractivity (Wildman–Crippen MR) is 86.0 cm³/mol.